The maximum absolute atomic E-state index is 13.2. The van der Waals surface area contributed by atoms with Crippen molar-refractivity contribution in [3.63, 3.8) is 0 Å². The molecule has 49 heavy (non-hydrogen) atoms. The Balaban J connectivity index is 4.61. The fourth-order valence-corrected chi connectivity index (χ4v) is 5.61. The molecule has 0 saturated heterocycles. The van der Waals surface area contributed by atoms with Gasteiger partial charge in [0.2, 0.25) is 0 Å². The lowest BCUT2D eigenvalue weighted by Gasteiger charge is -2.29. The van der Waals surface area contributed by atoms with Crippen LogP contribution in [0.25, 0.3) is 0 Å². The highest BCUT2D eigenvalue weighted by molar-refractivity contribution is 5.84. The lowest BCUT2D eigenvalue weighted by atomic mass is 10.0. The van der Waals surface area contributed by atoms with Crippen molar-refractivity contribution in [1.82, 2.24) is 5.32 Å². The molecule has 0 saturated carbocycles. The minimum absolute atomic E-state index is 0.0544. The number of methoxy groups -OCH3 is 1. The summed E-state index contributed by atoms with van der Waals surface area (Å²) in [6.07, 6.45) is 28.0. The van der Waals surface area contributed by atoms with Crippen LogP contribution in [0, 0.1) is 0 Å². The Morgan fingerprint density at radius 3 is 1.24 bits per heavy atom. The zero-order chi connectivity index (χ0) is 36.6. The maximum Gasteiger partial charge on any atom is 0.305 e. The Morgan fingerprint density at radius 1 is 0.551 bits per heavy atom. The van der Waals surface area contributed by atoms with E-state index in [1.54, 1.807) is 21.0 Å². The van der Waals surface area contributed by atoms with Gasteiger partial charge in [0.15, 0.2) is 0 Å². The van der Waals surface area contributed by atoms with E-state index in [0.29, 0.717) is 25.9 Å². The van der Waals surface area contributed by atoms with Gasteiger partial charge in [-0.1, -0.05) is 142 Å². The van der Waals surface area contributed by atoms with Gasteiger partial charge in [0.25, 0.3) is 5.91 Å². The fraction of sp³-hybridized carbons (Fsp3) is 0.927. The quantitative estimate of drug-likeness (QED) is 0.0520. The first-order valence-corrected chi connectivity index (χ1v) is 20.3. The molecule has 0 aromatic heterocycles. The van der Waals surface area contributed by atoms with E-state index in [9.17, 15) is 14.4 Å². The Hall–Kier alpha value is -1.67. The molecular weight excluding hydrogens is 618 g/mol. The number of carbonyl (C=O) groups excluding carboxylic acids is 3. The summed E-state index contributed by atoms with van der Waals surface area (Å²) in [5, 5.41) is 2.90. The van der Waals surface area contributed by atoms with E-state index in [4.69, 9.17) is 18.9 Å². The highest BCUT2D eigenvalue weighted by Gasteiger charge is 2.32. The summed E-state index contributed by atoms with van der Waals surface area (Å²) in [7, 11) is 1.65. The molecular formula is C41H79NO7. The number of rotatable bonds is 35. The zero-order valence-electron chi connectivity index (χ0n) is 33.2. The van der Waals surface area contributed by atoms with Gasteiger partial charge >= 0.3 is 11.9 Å². The molecule has 1 amide bonds. The van der Waals surface area contributed by atoms with E-state index >= 15 is 0 Å². The molecule has 0 radical (unpaired) electrons. The monoisotopic (exact) mass is 698 g/mol. The lowest BCUT2D eigenvalue weighted by Crippen LogP contribution is -2.51. The van der Waals surface area contributed by atoms with Crippen LogP contribution in [0.15, 0.2) is 0 Å². The molecule has 0 unspecified atom stereocenters. The van der Waals surface area contributed by atoms with E-state index in [1.807, 2.05) is 13.8 Å². The van der Waals surface area contributed by atoms with Gasteiger partial charge in [-0.3, -0.25) is 14.4 Å². The minimum atomic E-state index is -1.12. The standard InChI is InChI=1S/C41H79NO7/c1-8-10-12-14-16-18-20-22-24-26-28-30-37(43)47-34-36(42-39(45)41(5,6)49-33-32-40(3,4)46-7)35-48-38(44)31-29-27-25-23-21-19-17-15-13-11-9-2/h36H,8-35H2,1-7H3,(H,42,45). The molecule has 0 spiro atoms. The van der Waals surface area contributed by atoms with Crippen LogP contribution in [0.5, 0.6) is 0 Å². The molecule has 0 fully saturated rings. The van der Waals surface area contributed by atoms with Crippen LogP contribution in [0.1, 0.15) is 202 Å². The van der Waals surface area contributed by atoms with E-state index < -0.39 is 11.6 Å². The topological polar surface area (TPSA) is 100 Å². The Bertz CT molecular complexity index is 772. The van der Waals surface area contributed by atoms with Crippen LogP contribution < -0.4 is 5.32 Å². The van der Waals surface area contributed by atoms with Gasteiger partial charge in [-0.05, 0) is 47.0 Å². The molecule has 8 heteroatoms. The van der Waals surface area contributed by atoms with Gasteiger partial charge in [-0.15, -0.1) is 0 Å². The summed E-state index contributed by atoms with van der Waals surface area (Å²) < 4.78 is 22.5. The maximum atomic E-state index is 13.2. The molecule has 0 bridgehead atoms. The molecule has 8 nitrogen and oxygen atoms in total. The zero-order valence-corrected chi connectivity index (χ0v) is 33.2. The Kier molecular flexibility index (Phi) is 30.0. The molecule has 0 heterocycles. The van der Waals surface area contributed by atoms with Gasteiger partial charge in [0, 0.05) is 20.0 Å². The molecule has 0 atom stereocenters. The van der Waals surface area contributed by atoms with Crippen LogP contribution in [0.4, 0.5) is 0 Å². The third kappa shape index (κ3) is 29.7. The summed E-state index contributed by atoms with van der Waals surface area (Å²) in [6, 6.07) is -0.659. The normalized spacial score (nSPS) is 12.0. The number of unbranched alkanes of at least 4 members (excludes halogenated alkanes) is 20. The number of carbonyl (C=O) groups is 3. The third-order valence-corrected chi connectivity index (χ3v) is 9.46. The van der Waals surface area contributed by atoms with Crippen molar-refractivity contribution in [1.29, 1.82) is 0 Å². The average molecular weight is 698 g/mol. The van der Waals surface area contributed by atoms with Crippen molar-refractivity contribution < 1.29 is 33.3 Å². The Labute approximate surface area is 302 Å². The summed E-state index contributed by atoms with van der Waals surface area (Å²) in [5.74, 6) is -0.935. The number of hydrogen-bond donors (Lipinski definition) is 1. The van der Waals surface area contributed by atoms with Crippen molar-refractivity contribution in [2.45, 2.75) is 219 Å². The number of esters is 2. The van der Waals surface area contributed by atoms with E-state index in [-0.39, 0.29) is 36.7 Å². The van der Waals surface area contributed by atoms with Crippen LogP contribution in [0.3, 0.4) is 0 Å². The van der Waals surface area contributed by atoms with Crippen molar-refractivity contribution in [3.05, 3.63) is 0 Å². The van der Waals surface area contributed by atoms with Crippen LogP contribution >= 0.6 is 0 Å². The van der Waals surface area contributed by atoms with Crippen molar-refractivity contribution in [3.8, 4) is 0 Å². The highest BCUT2D eigenvalue weighted by Crippen LogP contribution is 2.18. The molecule has 1 N–H and O–H groups in total. The van der Waals surface area contributed by atoms with Gasteiger partial charge < -0.3 is 24.3 Å². The molecule has 0 aliphatic carbocycles. The summed E-state index contributed by atoms with van der Waals surface area (Å²) >= 11 is 0. The number of hydrogen-bond acceptors (Lipinski definition) is 7. The Morgan fingerprint density at radius 2 is 0.898 bits per heavy atom. The molecule has 290 valence electrons. The molecule has 0 aliphatic rings. The van der Waals surface area contributed by atoms with Crippen molar-refractivity contribution >= 4 is 17.8 Å². The number of ether oxygens (including phenoxy) is 4. The first-order valence-electron chi connectivity index (χ1n) is 20.3. The van der Waals surface area contributed by atoms with Crippen LogP contribution in [-0.4, -0.2) is 62.0 Å². The summed E-state index contributed by atoms with van der Waals surface area (Å²) in [4.78, 5) is 38.3. The van der Waals surface area contributed by atoms with E-state index in [2.05, 4.69) is 19.2 Å². The predicted octanol–water partition coefficient (Wildman–Crippen LogP) is 10.6. The molecule has 0 aliphatic heterocycles. The highest BCUT2D eigenvalue weighted by atomic mass is 16.5. The van der Waals surface area contributed by atoms with Gasteiger partial charge in [-0.25, -0.2) is 0 Å². The first kappa shape index (κ1) is 47.3. The summed E-state index contributed by atoms with van der Waals surface area (Å²) in [5.41, 5.74) is -1.49. The molecule has 0 rings (SSSR count). The van der Waals surface area contributed by atoms with Gasteiger partial charge in [0.05, 0.1) is 18.2 Å². The first-order chi connectivity index (χ1) is 23.5. The average Bonchev–Trinajstić information content (AvgIpc) is 3.07. The lowest BCUT2D eigenvalue weighted by molar-refractivity contribution is -0.153. The van der Waals surface area contributed by atoms with E-state index in [1.165, 1.54) is 103 Å². The third-order valence-electron chi connectivity index (χ3n) is 9.46. The van der Waals surface area contributed by atoms with Crippen LogP contribution in [0.2, 0.25) is 0 Å². The minimum Gasteiger partial charge on any atom is -0.463 e. The largest absolute Gasteiger partial charge is 0.463 e. The summed E-state index contributed by atoms with van der Waals surface area (Å²) in [6.45, 7) is 12.1. The second-order valence-corrected chi connectivity index (χ2v) is 15.2. The SMILES string of the molecule is CCCCCCCCCCCCCC(=O)OCC(COC(=O)CCCCCCCCCCCCC)NC(=O)C(C)(C)OCCC(C)(C)OC. The van der Waals surface area contributed by atoms with Gasteiger partial charge in [-0.2, -0.15) is 0 Å². The van der Waals surface area contributed by atoms with Crippen LogP contribution in [-0.2, 0) is 33.3 Å². The number of amides is 1. The number of nitrogens with one attached hydrogen (secondary N) is 1. The molecule has 0 aromatic rings. The second-order valence-electron chi connectivity index (χ2n) is 15.2. The smallest absolute Gasteiger partial charge is 0.305 e. The second kappa shape index (κ2) is 31.1. The predicted molar refractivity (Wildman–Crippen MR) is 202 cm³/mol. The van der Waals surface area contributed by atoms with Crippen molar-refractivity contribution in [2.24, 2.45) is 0 Å². The fourth-order valence-electron chi connectivity index (χ4n) is 5.61. The van der Waals surface area contributed by atoms with E-state index in [0.717, 1.165) is 38.5 Å². The van der Waals surface area contributed by atoms with Gasteiger partial charge in [0.1, 0.15) is 18.8 Å². The molecule has 0 aromatic carbocycles. The van der Waals surface area contributed by atoms with Crippen molar-refractivity contribution in [2.75, 3.05) is 26.9 Å².